The molecule has 0 aliphatic carbocycles. The molecule has 0 bridgehead atoms. The third kappa shape index (κ3) is 4.99. The smallest absolute Gasteiger partial charge is 0.142 e. The van der Waals surface area contributed by atoms with E-state index in [2.05, 4.69) is 0 Å². The van der Waals surface area contributed by atoms with Crippen LogP contribution in [0.4, 0.5) is 0 Å². The van der Waals surface area contributed by atoms with E-state index >= 15 is 0 Å². The highest BCUT2D eigenvalue weighted by Gasteiger charge is 1.85. The summed E-state index contributed by atoms with van der Waals surface area (Å²) in [5.41, 5.74) is 1.09. The number of carbonyl (C=O) groups excluding carboxylic acids is 1. The molecule has 0 aromatic heterocycles. The van der Waals surface area contributed by atoms with Crippen LogP contribution in [0, 0.1) is 0 Å². The SMILES string of the molecule is O=C/C=C/C=C/C=C/c1ccc(Cl)cc1. The van der Waals surface area contributed by atoms with Gasteiger partial charge in [0.2, 0.25) is 0 Å². The third-order valence-electron chi connectivity index (χ3n) is 1.68. The van der Waals surface area contributed by atoms with Crippen LogP contribution in [0.15, 0.2) is 54.6 Å². The summed E-state index contributed by atoms with van der Waals surface area (Å²) in [6, 6.07) is 7.57. The second-order valence-corrected chi connectivity index (χ2v) is 3.25. The fraction of sp³-hybridized carbons (Fsp3) is 0. The molecule has 0 aliphatic rings. The van der Waals surface area contributed by atoms with Crippen molar-refractivity contribution in [3.63, 3.8) is 0 Å². The lowest BCUT2D eigenvalue weighted by Gasteiger charge is -1.91. The van der Waals surface area contributed by atoms with E-state index in [4.69, 9.17) is 11.6 Å². The maximum atomic E-state index is 9.94. The van der Waals surface area contributed by atoms with Gasteiger partial charge in [0, 0.05) is 5.02 Å². The molecule has 0 saturated heterocycles. The molecule has 0 heterocycles. The number of aldehydes is 1. The zero-order valence-electron chi connectivity index (χ0n) is 8.14. The summed E-state index contributed by atoms with van der Waals surface area (Å²) in [6.07, 6.45) is 11.4. The van der Waals surface area contributed by atoms with Gasteiger partial charge in [-0.1, -0.05) is 54.1 Å². The fourth-order valence-corrected chi connectivity index (χ4v) is 1.10. The van der Waals surface area contributed by atoms with Gasteiger partial charge in [-0.2, -0.15) is 0 Å². The van der Waals surface area contributed by atoms with Crippen molar-refractivity contribution in [2.45, 2.75) is 0 Å². The summed E-state index contributed by atoms with van der Waals surface area (Å²) in [6.45, 7) is 0. The molecule has 1 rings (SSSR count). The van der Waals surface area contributed by atoms with Crippen LogP contribution in [-0.4, -0.2) is 6.29 Å². The Hall–Kier alpha value is -1.60. The Bertz CT molecular complexity index is 386. The molecule has 2 heteroatoms. The van der Waals surface area contributed by atoms with Crippen LogP contribution in [-0.2, 0) is 4.79 Å². The summed E-state index contributed by atoms with van der Waals surface area (Å²) in [5.74, 6) is 0. The molecule has 0 saturated carbocycles. The van der Waals surface area contributed by atoms with Crippen molar-refractivity contribution in [2.24, 2.45) is 0 Å². The Kier molecular flexibility index (Phi) is 5.20. The minimum absolute atomic E-state index is 0.733. The summed E-state index contributed by atoms with van der Waals surface area (Å²) >= 11 is 5.75. The molecule has 1 aromatic carbocycles. The van der Waals surface area contributed by atoms with Gasteiger partial charge in [0.15, 0.2) is 0 Å². The lowest BCUT2D eigenvalue weighted by atomic mass is 10.2. The second-order valence-electron chi connectivity index (χ2n) is 2.82. The number of allylic oxidation sites excluding steroid dienone is 5. The van der Waals surface area contributed by atoms with Gasteiger partial charge in [-0.3, -0.25) is 4.79 Å². The van der Waals surface area contributed by atoms with Crippen molar-refractivity contribution in [3.8, 4) is 0 Å². The van der Waals surface area contributed by atoms with Crippen molar-refractivity contribution in [2.75, 3.05) is 0 Å². The zero-order chi connectivity index (χ0) is 10.9. The van der Waals surface area contributed by atoms with E-state index in [1.807, 2.05) is 42.5 Å². The van der Waals surface area contributed by atoms with E-state index in [-0.39, 0.29) is 0 Å². The van der Waals surface area contributed by atoms with E-state index in [1.54, 1.807) is 12.2 Å². The maximum Gasteiger partial charge on any atom is 0.142 e. The Labute approximate surface area is 94.4 Å². The van der Waals surface area contributed by atoms with Gasteiger partial charge in [-0.25, -0.2) is 0 Å². The first-order chi connectivity index (χ1) is 7.33. The van der Waals surface area contributed by atoms with Crippen LogP contribution >= 0.6 is 11.6 Å². The van der Waals surface area contributed by atoms with Crippen molar-refractivity contribution in [1.82, 2.24) is 0 Å². The molecular formula is C13H11ClO. The average molecular weight is 219 g/mol. The van der Waals surface area contributed by atoms with E-state index in [9.17, 15) is 4.79 Å². The average Bonchev–Trinajstić information content (AvgIpc) is 2.26. The third-order valence-corrected chi connectivity index (χ3v) is 1.93. The largest absolute Gasteiger partial charge is 0.299 e. The first-order valence-electron chi connectivity index (χ1n) is 4.53. The predicted octanol–water partition coefficient (Wildman–Crippen LogP) is 3.66. The molecule has 0 amide bonds. The fourth-order valence-electron chi connectivity index (χ4n) is 0.978. The van der Waals surface area contributed by atoms with E-state index in [0.717, 1.165) is 16.9 Å². The van der Waals surface area contributed by atoms with Gasteiger partial charge in [0.05, 0.1) is 0 Å². The topological polar surface area (TPSA) is 17.1 Å². The summed E-state index contributed by atoms with van der Waals surface area (Å²) < 4.78 is 0. The van der Waals surface area contributed by atoms with Crippen LogP contribution in [0.1, 0.15) is 5.56 Å². The highest BCUT2D eigenvalue weighted by Crippen LogP contribution is 2.10. The molecular weight excluding hydrogens is 208 g/mol. The van der Waals surface area contributed by atoms with Crippen molar-refractivity contribution >= 4 is 24.0 Å². The van der Waals surface area contributed by atoms with E-state index in [1.165, 1.54) is 6.08 Å². The van der Waals surface area contributed by atoms with Crippen LogP contribution in [0.2, 0.25) is 5.02 Å². The molecule has 0 unspecified atom stereocenters. The molecule has 0 spiro atoms. The number of hydrogen-bond donors (Lipinski definition) is 0. The number of carbonyl (C=O) groups is 1. The zero-order valence-corrected chi connectivity index (χ0v) is 8.89. The Balaban J connectivity index is 2.51. The van der Waals surface area contributed by atoms with Crippen LogP contribution in [0.25, 0.3) is 6.08 Å². The predicted molar refractivity (Wildman–Crippen MR) is 64.8 cm³/mol. The van der Waals surface area contributed by atoms with Gasteiger partial charge in [-0.05, 0) is 23.8 Å². The quantitative estimate of drug-likeness (QED) is 0.428. The first-order valence-corrected chi connectivity index (χ1v) is 4.91. The molecule has 0 aliphatic heterocycles. The Morgan fingerprint density at radius 1 is 0.867 bits per heavy atom. The lowest BCUT2D eigenvalue weighted by molar-refractivity contribution is -0.104. The van der Waals surface area contributed by atoms with Crippen LogP contribution < -0.4 is 0 Å². The van der Waals surface area contributed by atoms with Crippen LogP contribution in [0.3, 0.4) is 0 Å². The number of halogens is 1. The second kappa shape index (κ2) is 6.80. The van der Waals surface area contributed by atoms with Gasteiger partial charge in [-0.15, -0.1) is 0 Å². The summed E-state index contributed by atoms with van der Waals surface area (Å²) in [4.78, 5) is 9.94. The monoisotopic (exact) mass is 218 g/mol. The van der Waals surface area contributed by atoms with Crippen molar-refractivity contribution in [1.29, 1.82) is 0 Å². The Morgan fingerprint density at radius 3 is 2.13 bits per heavy atom. The molecule has 0 N–H and O–H groups in total. The summed E-state index contributed by atoms with van der Waals surface area (Å²) in [7, 11) is 0. The Morgan fingerprint density at radius 2 is 1.47 bits per heavy atom. The first kappa shape index (κ1) is 11.5. The summed E-state index contributed by atoms with van der Waals surface area (Å²) in [5, 5.41) is 0.733. The van der Waals surface area contributed by atoms with E-state index in [0.29, 0.717) is 0 Å². The van der Waals surface area contributed by atoms with Gasteiger partial charge in [0.25, 0.3) is 0 Å². The van der Waals surface area contributed by atoms with Crippen LogP contribution in [0.5, 0.6) is 0 Å². The van der Waals surface area contributed by atoms with Crippen molar-refractivity contribution < 1.29 is 4.79 Å². The molecule has 0 radical (unpaired) electrons. The highest BCUT2D eigenvalue weighted by molar-refractivity contribution is 6.30. The van der Waals surface area contributed by atoms with Gasteiger partial charge >= 0.3 is 0 Å². The van der Waals surface area contributed by atoms with Gasteiger partial charge < -0.3 is 0 Å². The standard InChI is InChI=1S/C13H11ClO/c14-13-9-7-12(8-10-13)6-4-2-1-3-5-11-15/h1-11H/b2-1+,5-3+,6-4+. The molecule has 76 valence electrons. The number of rotatable bonds is 4. The number of benzene rings is 1. The molecule has 15 heavy (non-hydrogen) atoms. The normalized spacial score (nSPS) is 11.8. The molecule has 1 aromatic rings. The maximum absolute atomic E-state index is 9.94. The molecule has 0 atom stereocenters. The molecule has 1 nitrogen and oxygen atoms in total. The lowest BCUT2D eigenvalue weighted by Crippen LogP contribution is -1.69. The highest BCUT2D eigenvalue weighted by atomic mass is 35.5. The van der Waals surface area contributed by atoms with Crippen molar-refractivity contribution in [3.05, 3.63) is 65.2 Å². The minimum atomic E-state index is 0.733. The number of hydrogen-bond acceptors (Lipinski definition) is 1. The molecule has 0 fully saturated rings. The van der Waals surface area contributed by atoms with E-state index < -0.39 is 0 Å². The minimum Gasteiger partial charge on any atom is -0.299 e. The van der Waals surface area contributed by atoms with Gasteiger partial charge in [0.1, 0.15) is 6.29 Å².